The van der Waals surface area contributed by atoms with Gasteiger partial charge < -0.3 is 0 Å². The molecule has 0 unspecified atom stereocenters. The molecule has 0 N–H and O–H groups in total. The third kappa shape index (κ3) is 2.60. The summed E-state index contributed by atoms with van der Waals surface area (Å²) in [5, 5.41) is 2.82. The van der Waals surface area contributed by atoms with E-state index < -0.39 is 10.0 Å². The number of benzene rings is 1. The Morgan fingerprint density at radius 3 is 2.61 bits per heavy atom. The molecule has 4 rings (SSSR count). The van der Waals surface area contributed by atoms with Crippen LogP contribution in [0.4, 0.5) is 0 Å². The molecule has 0 amide bonds. The fourth-order valence-corrected chi connectivity index (χ4v) is 5.67. The van der Waals surface area contributed by atoms with Crippen LogP contribution in [-0.4, -0.2) is 30.4 Å². The summed E-state index contributed by atoms with van der Waals surface area (Å²) in [6, 6.07) is 11.3. The molecule has 0 bridgehead atoms. The van der Waals surface area contributed by atoms with Gasteiger partial charge in [0.05, 0.1) is 5.52 Å². The molecule has 3 heterocycles. The molecule has 23 heavy (non-hydrogen) atoms. The maximum absolute atomic E-state index is 12.8. The first-order chi connectivity index (χ1) is 11.2. The third-order valence-electron chi connectivity index (χ3n) is 4.39. The Balaban J connectivity index is 1.78. The van der Waals surface area contributed by atoms with Crippen molar-refractivity contribution in [3.8, 4) is 0 Å². The van der Waals surface area contributed by atoms with Gasteiger partial charge >= 0.3 is 0 Å². The van der Waals surface area contributed by atoms with Crippen molar-refractivity contribution in [3.05, 3.63) is 53.5 Å². The second-order valence-electron chi connectivity index (χ2n) is 5.88. The number of rotatable bonds is 4. The molecule has 120 valence electrons. The van der Waals surface area contributed by atoms with Gasteiger partial charge in [0.1, 0.15) is 4.21 Å². The first-order valence-electron chi connectivity index (χ1n) is 7.77. The van der Waals surface area contributed by atoms with Crippen molar-refractivity contribution in [1.29, 1.82) is 0 Å². The van der Waals surface area contributed by atoms with Crippen LogP contribution in [0.5, 0.6) is 0 Å². The summed E-state index contributed by atoms with van der Waals surface area (Å²) in [6.07, 6.45) is 4.18. The third-order valence-corrected chi connectivity index (χ3v) is 7.45. The summed E-state index contributed by atoms with van der Waals surface area (Å²) >= 11 is 1.25. The van der Waals surface area contributed by atoms with Gasteiger partial charge in [-0.2, -0.15) is 8.42 Å². The van der Waals surface area contributed by atoms with E-state index in [1.807, 2.05) is 18.2 Å². The van der Waals surface area contributed by atoms with Gasteiger partial charge in [-0.1, -0.05) is 18.2 Å². The summed E-state index contributed by atoms with van der Waals surface area (Å²) in [7, 11) is -3.50. The maximum atomic E-state index is 12.8. The highest BCUT2D eigenvalue weighted by Gasteiger charge is 2.21. The molecule has 1 fully saturated rings. The highest BCUT2D eigenvalue weighted by Crippen LogP contribution is 2.27. The molecule has 1 aromatic carbocycles. The summed E-state index contributed by atoms with van der Waals surface area (Å²) in [5.41, 5.74) is 1.96. The molecule has 4 nitrogen and oxygen atoms in total. The van der Waals surface area contributed by atoms with Crippen LogP contribution in [0.3, 0.4) is 0 Å². The molecular formula is C17H18N2O2S2. The van der Waals surface area contributed by atoms with Crippen molar-refractivity contribution in [2.45, 2.75) is 23.6 Å². The van der Waals surface area contributed by atoms with Gasteiger partial charge in [-0.15, -0.1) is 11.3 Å². The van der Waals surface area contributed by atoms with E-state index in [0.29, 0.717) is 4.21 Å². The van der Waals surface area contributed by atoms with Crippen molar-refractivity contribution in [3.63, 3.8) is 0 Å². The predicted octanol–water partition coefficient (Wildman–Crippen LogP) is 3.54. The van der Waals surface area contributed by atoms with Crippen LogP contribution in [-0.2, 0) is 16.6 Å². The Morgan fingerprint density at radius 1 is 1.04 bits per heavy atom. The number of thiophene rings is 1. The van der Waals surface area contributed by atoms with Crippen LogP contribution in [0.1, 0.15) is 18.4 Å². The van der Waals surface area contributed by atoms with Crippen LogP contribution in [0, 0.1) is 0 Å². The fourth-order valence-electron chi connectivity index (χ4n) is 3.24. The lowest BCUT2D eigenvalue weighted by atomic mass is 10.1. The second kappa shape index (κ2) is 5.78. The summed E-state index contributed by atoms with van der Waals surface area (Å²) in [4.78, 5) is 2.43. The molecule has 3 aromatic rings. The lowest BCUT2D eigenvalue weighted by Gasteiger charge is -2.15. The second-order valence-corrected chi connectivity index (χ2v) is 8.87. The van der Waals surface area contributed by atoms with E-state index in [2.05, 4.69) is 11.0 Å². The van der Waals surface area contributed by atoms with E-state index >= 15 is 0 Å². The molecule has 1 saturated heterocycles. The van der Waals surface area contributed by atoms with Crippen molar-refractivity contribution in [2.24, 2.45) is 0 Å². The number of hydrogen-bond donors (Lipinski definition) is 0. The Labute approximate surface area is 140 Å². The predicted molar refractivity (Wildman–Crippen MR) is 93.4 cm³/mol. The highest BCUT2D eigenvalue weighted by molar-refractivity contribution is 7.92. The van der Waals surface area contributed by atoms with Gasteiger partial charge in [0, 0.05) is 18.1 Å². The van der Waals surface area contributed by atoms with Crippen LogP contribution in [0.2, 0.25) is 0 Å². The number of fused-ring (bicyclic) bond motifs is 1. The highest BCUT2D eigenvalue weighted by atomic mass is 32.2. The van der Waals surface area contributed by atoms with Crippen molar-refractivity contribution >= 4 is 32.3 Å². The smallest absolute Gasteiger partial charge is 0.277 e. The van der Waals surface area contributed by atoms with Gasteiger partial charge in [0.15, 0.2) is 0 Å². The fraction of sp³-hybridized carbons (Fsp3) is 0.294. The van der Waals surface area contributed by atoms with Gasteiger partial charge in [0.2, 0.25) is 0 Å². The number of likely N-dealkylation sites (tertiary alicyclic amines) is 1. The first kappa shape index (κ1) is 14.9. The number of nitrogens with zero attached hydrogens (tertiary/aromatic N) is 2. The van der Waals surface area contributed by atoms with E-state index in [-0.39, 0.29) is 0 Å². The molecule has 0 atom stereocenters. The van der Waals surface area contributed by atoms with Crippen molar-refractivity contribution < 1.29 is 8.42 Å². The van der Waals surface area contributed by atoms with E-state index in [1.54, 1.807) is 23.7 Å². The van der Waals surface area contributed by atoms with E-state index in [9.17, 15) is 8.42 Å². The van der Waals surface area contributed by atoms with Crippen LogP contribution < -0.4 is 0 Å². The number of aromatic nitrogens is 1. The zero-order valence-corrected chi connectivity index (χ0v) is 14.3. The summed E-state index contributed by atoms with van der Waals surface area (Å²) in [6.45, 7) is 3.15. The normalized spacial score (nSPS) is 16.3. The molecule has 1 aliphatic heterocycles. The molecule has 2 aromatic heterocycles. The average molecular weight is 346 g/mol. The van der Waals surface area contributed by atoms with E-state index in [4.69, 9.17) is 0 Å². The quantitative estimate of drug-likeness (QED) is 0.726. The minimum absolute atomic E-state index is 0.375. The molecule has 1 aliphatic rings. The van der Waals surface area contributed by atoms with Gasteiger partial charge in [0.25, 0.3) is 10.0 Å². The Kier molecular flexibility index (Phi) is 3.75. The van der Waals surface area contributed by atoms with E-state index in [0.717, 1.165) is 30.5 Å². The van der Waals surface area contributed by atoms with Gasteiger partial charge in [-0.25, -0.2) is 3.97 Å². The lowest BCUT2D eigenvalue weighted by molar-refractivity contribution is 0.332. The zero-order chi connectivity index (χ0) is 15.9. The Hall–Kier alpha value is -1.63. The molecule has 0 aliphatic carbocycles. The van der Waals surface area contributed by atoms with Crippen LogP contribution in [0.15, 0.2) is 52.2 Å². The molecule has 6 heteroatoms. The molecule has 0 saturated carbocycles. The molecule has 0 radical (unpaired) electrons. The largest absolute Gasteiger partial charge is 0.299 e. The summed E-state index contributed by atoms with van der Waals surface area (Å²) in [5.74, 6) is 0. The average Bonchev–Trinajstić information content (AvgIpc) is 3.29. The monoisotopic (exact) mass is 346 g/mol. The van der Waals surface area contributed by atoms with Gasteiger partial charge in [-0.3, -0.25) is 4.90 Å². The molecular weight excluding hydrogens is 328 g/mol. The lowest BCUT2D eigenvalue weighted by Crippen LogP contribution is -2.18. The van der Waals surface area contributed by atoms with Crippen molar-refractivity contribution in [1.82, 2.24) is 8.87 Å². The SMILES string of the molecule is O=S(=O)(c1cccs1)n1ccc2c(CN3CCCC3)cccc21. The minimum Gasteiger partial charge on any atom is -0.299 e. The Bertz CT molecular complexity index is 921. The standard InChI is InChI=1S/C17H18N2O2S2/c20-23(21,17-7-4-12-22-17)19-11-8-15-14(5-3-6-16(15)19)13-18-9-1-2-10-18/h3-8,11-12H,1-2,9-10,13H2. The summed E-state index contributed by atoms with van der Waals surface area (Å²) < 4.78 is 27.4. The van der Waals surface area contributed by atoms with Crippen LogP contribution in [0.25, 0.3) is 10.9 Å². The topological polar surface area (TPSA) is 42.3 Å². The minimum atomic E-state index is -3.50. The van der Waals surface area contributed by atoms with Crippen LogP contribution >= 0.6 is 11.3 Å². The van der Waals surface area contributed by atoms with Gasteiger partial charge in [-0.05, 0) is 55.1 Å². The number of hydrogen-bond acceptors (Lipinski definition) is 4. The zero-order valence-electron chi connectivity index (χ0n) is 12.7. The maximum Gasteiger partial charge on any atom is 0.277 e. The first-order valence-corrected chi connectivity index (χ1v) is 10.1. The van der Waals surface area contributed by atoms with E-state index in [1.165, 1.54) is 33.7 Å². The van der Waals surface area contributed by atoms with Crippen molar-refractivity contribution in [2.75, 3.05) is 13.1 Å². The molecule has 0 spiro atoms. The Morgan fingerprint density at radius 2 is 1.87 bits per heavy atom.